The van der Waals surface area contributed by atoms with Crippen molar-refractivity contribution < 1.29 is 9.18 Å². The van der Waals surface area contributed by atoms with Gasteiger partial charge in [-0.3, -0.25) is 18.8 Å². The number of nitrogens with zero attached hydrogens (tertiary/aromatic N) is 4. The highest BCUT2D eigenvalue weighted by atomic mass is 79.9. The van der Waals surface area contributed by atoms with Crippen molar-refractivity contribution >= 4 is 38.6 Å². The van der Waals surface area contributed by atoms with Crippen molar-refractivity contribution in [3.63, 3.8) is 0 Å². The lowest BCUT2D eigenvalue weighted by Crippen LogP contribution is -2.28. The summed E-state index contributed by atoms with van der Waals surface area (Å²) in [4.78, 5) is 29.1. The summed E-state index contributed by atoms with van der Waals surface area (Å²) in [5.74, 6) is -0.470. The van der Waals surface area contributed by atoms with Gasteiger partial charge in [0, 0.05) is 11.8 Å². The van der Waals surface area contributed by atoms with Gasteiger partial charge in [0.25, 0.3) is 5.56 Å². The van der Waals surface area contributed by atoms with E-state index in [1.807, 2.05) is 0 Å². The molecule has 4 aromatic rings. The van der Waals surface area contributed by atoms with Crippen LogP contribution in [0.1, 0.15) is 5.56 Å². The van der Waals surface area contributed by atoms with E-state index in [1.165, 1.54) is 21.6 Å². The van der Waals surface area contributed by atoms with Gasteiger partial charge >= 0.3 is 0 Å². The van der Waals surface area contributed by atoms with Crippen molar-refractivity contribution in [2.75, 3.05) is 5.32 Å². The van der Waals surface area contributed by atoms with Gasteiger partial charge < -0.3 is 5.32 Å². The van der Waals surface area contributed by atoms with Crippen LogP contribution in [-0.4, -0.2) is 25.2 Å². The fourth-order valence-corrected chi connectivity index (χ4v) is 3.32. The molecule has 0 aliphatic heterocycles. The number of carbonyl (C=O) groups is 1. The molecule has 2 aromatic heterocycles. The van der Waals surface area contributed by atoms with Crippen LogP contribution in [0.5, 0.6) is 0 Å². The van der Waals surface area contributed by atoms with Crippen LogP contribution in [0.15, 0.2) is 70.3 Å². The van der Waals surface area contributed by atoms with E-state index in [4.69, 9.17) is 0 Å². The second-order valence-electron chi connectivity index (χ2n) is 6.36. The Bertz CT molecular complexity index is 1270. The van der Waals surface area contributed by atoms with Crippen molar-refractivity contribution in [2.45, 2.75) is 13.1 Å². The molecule has 146 valence electrons. The van der Waals surface area contributed by atoms with Crippen molar-refractivity contribution in [3.8, 4) is 0 Å². The van der Waals surface area contributed by atoms with Gasteiger partial charge in [0.05, 0.1) is 28.2 Å². The molecule has 4 rings (SSSR count). The summed E-state index contributed by atoms with van der Waals surface area (Å²) >= 11 is 3.34. The third kappa shape index (κ3) is 4.09. The second-order valence-corrected chi connectivity index (χ2v) is 7.21. The van der Waals surface area contributed by atoms with Crippen LogP contribution in [0, 0.1) is 5.82 Å². The highest BCUT2D eigenvalue weighted by molar-refractivity contribution is 9.10. The highest BCUT2D eigenvalue weighted by Crippen LogP contribution is 2.21. The molecule has 2 aromatic carbocycles. The Morgan fingerprint density at radius 2 is 1.90 bits per heavy atom. The molecule has 0 unspecified atom stereocenters. The fourth-order valence-electron chi connectivity index (χ4n) is 2.91. The summed E-state index contributed by atoms with van der Waals surface area (Å²) in [7, 11) is 0. The maximum atomic E-state index is 13.8. The number of nitrogens with one attached hydrogen (secondary N) is 1. The minimum atomic E-state index is -0.430. The number of benzene rings is 2. The molecule has 2 heterocycles. The molecule has 0 spiro atoms. The molecule has 0 radical (unpaired) electrons. The summed E-state index contributed by atoms with van der Waals surface area (Å²) in [5.41, 5.74) is 0.757. The summed E-state index contributed by atoms with van der Waals surface area (Å²) in [6.07, 6.45) is 2.99. The minimum absolute atomic E-state index is 0.205. The first-order valence-electron chi connectivity index (χ1n) is 8.71. The van der Waals surface area contributed by atoms with E-state index < -0.39 is 5.91 Å². The molecule has 29 heavy (non-hydrogen) atoms. The topological polar surface area (TPSA) is 81.8 Å². The Hall–Kier alpha value is -3.33. The van der Waals surface area contributed by atoms with E-state index in [9.17, 15) is 14.0 Å². The van der Waals surface area contributed by atoms with Crippen LogP contribution in [0.25, 0.3) is 10.9 Å². The van der Waals surface area contributed by atoms with Crippen LogP contribution in [0.2, 0.25) is 0 Å². The van der Waals surface area contributed by atoms with Crippen LogP contribution < -0.4 is 10.9 Å². The van der Waals surface area contributed by atoms with Crippen LogP contribution in [0.4, 0.5) is 10.2 Å². The van der Waals surface area contributed by atoms with E-state index in [0.717, 1.165) is 0 Å². The maximum Gasteiger partial charge on any atom is 0.261 e. The first-order chi connectivity index (χ1) is 14.0. The van der Waals surface area contributed by atoms with Gasteiger partial charge in [-0.25, -0.2) is 9.37 Å². The predicted molar refractivity (Wildman–Crippen MR) is 110 cm³/mol. The molecule has 9 heteroatoms. The van der Waals surface area contributed by atoms with Crippen molar-refractivity contribution in [2.24, 2.45) is 0 Å². The lowest BCUT2D eigenvalue weighted by atomic mass is 10.2. The number of para-hydroxylation sites is 1. The molecule has 0 saturated carbocycles. The number of halogens is 2. The van der Waals surface area contributed by atoms with Crippen molar-refractivity contribution in [1.29, 1.82) is 0 Å². The zero-order chi connectivity index (χ0) is 20.4. The third-order valence-electron chi connectivity index (χ3n) is 4.31. The Balaban J connectivity index is 1.49. The molecule has 0 atom stereocenters. The lowest BCUT2D eigenvalue weighted by Gasteiger charge is -2.07. The second kappa shape index (κ2) is 7.96. The Morgan fingerprint density at radius 1 is 1.14 bits per heavy atom. The van der Waals surface area contributed by atoms with E-state index in [0.29, 0.717) is 20.9 Å². The molecule has 7 nitrogen and oxygen atoms in total. The fraction of sp³-hybridized carbons (Fsp3) is 0.100. The summed E-state index contributed by atoms with van der Waals surface area (Å²) in [6.45, 7) is 0.0124. The normalized spacial score (nSPS) is 11.0. The van der Waals surface area contributed by atoms with Gasteiger partial charge in [-0.2, -0.15) is 5.10 Å². The average molecular weight is 456 g/mol. The Labute approximate surface area is 172 Å². The number of amides is 1. The van der Waals surface area contributed by atoms with E-state index in [1.54, 1.807) is 48.7 Å². The van der Waals surface area contributed by atoms with Gasteiger partial charge in [-0.05, 0) is 34.1 Å². The van der Waals surface area contributed by atoms with Gasteiger partial charge in [0.2, 0.25) is 5.91 Å². The van der Waals surface area contributed by atoms with Crippen molar-refractivity contribution in [1.82, 2.24) is 19.3 Å². The number of fused-ring (bicyclic) bond motifs is 1. The predicted octanol–water partition coefficient (Wildman–Crippen LogP) is 3.18. The number of anilines is 1. The smallest absolute Gasteiger partial charge is 0.261 e. The summed E-state index contributed by atoms with van der Waals surface area (Å²) < 4.78 is 17.1. The number of aromatic nitrogens is 4. The lowest BCUT2D eigenvalue weighted by molar-refractivity contribution is -0.116. The van der Waals surface area contributed by atoms with Gasteiger partial charge in [-0.15, -0.1) is 0 Å². The number of rotatable bonds is 5. The van der Waals surface area contributed by atoms with Crippen molar-refractivity contribution in [3.05, 3.63) is 87.3 Å². The molecule has 0 aliphatic rings. The number of carbonyl (C=O) groups excluding carboxylic acids is 1. The van der Waals surface area contributed by atoms with Crippen LogP contribution in [0.3, 0.4) is 0 Å². The molecular formula is C20H15BrFN5O2. The highest BCUT2D eigenvalue weighted by Gasteiger charge is 2.13. The van der Waals surface area contributed by atoms with E-state index in [2.05, 4.69) is 31.3 Å². The summed E-state index contributed by atoms with van der Waals surface area (Å²) in [6, 6.07) is 13.4. The zero-order valence-electron chi connectivity index (χ0n) is 15.0. The van der Waals surface area contributed by atoms with Gasteiger partial charge in [0.15, 0.2) is 5.82 Å². The van der Waals surface area contributed by atoms with E-state index in [-0.39, 0.29) is 30.3 Å². The quantitative estimate of drug-likeness (QED) is 0.500. The molecule has 0 fully saturated rings. The maximum absolute atomic E-state index is 13.8. The largest absolute Gasteiger partial charge is 0.307 e. The Morgan fingerprint density at radius 3 is 2.72 bits per heavy atom. The monoisotopic (exact) mass is 455 g/mol. The minimum Gasteiger partial charge on any atom is -0.307 e. The standard InChI is InChI=1S/C20H15BrFN5O2/c21-15-10-27(9-13-5-1-3-7-16(13)22)25-19(15)24-18(28)11-26-12-23-17-8-4-2-6-14(17)20(26)29/h1-8,10,12H,9,11H2,(H,24,25,28). The first kappa shape index (κ1) is 19.0. The Kier molecular flexibility index (Phi) is 5.22. The van der Waals surface area contributed by atoms with E-state index >= 15 is 0 Å². The first-order valence-corrected chi connectivity index (χ1v) is 9.51. The molecular weight excluding hydrogens is 441 g/mol. The zero-order valence-corrected chi connectivity index (χ0v) is 16.6. The van der Waals surface area contributed by atoms with Crippen LogP contribution in [-0.2, 0) is 17.9 Å². The van der Waals surface area contributed by atoms with Gasteiger partial charge in [-0.1, -0.05) is 30.3 Å². The average Bonchev–Trinajstić information content (AvgIpc) is 3.05. The molecule has 1 N–H and O–H groups in total. The molecule has 0 aliphatic carbocycles. The third-order valence-corrected chi connectivity index (χ3v) is 4.89. The molecule has 0 bridgehead atoms. The summed E-state index contributed by atoms with van der Waals surface area (Å²) in [5, 5.41) is 7.37. The number of hydrogen-bond donors (Lipinski definition) is 1. The van der Waals surface area contributed by atoms with Crippen LogP contribution >= 0.6 is 15.9 Å². The molecule has 0 saturated heterocycles. The van der Waals surface area contributed by atoms with Gasteiger partial charge in [0.1, 0.15) is 12.4 Å². The SMILES string of the molecule is O=C(Cn1cnc2ccccc2c1=O)Nc1nn(Cc2ccccc2F)cc1Br. The number of hydrogen-bond acceptors (Lipinski definition) is 4. The molecule has 1 amide bonds.